The van der Waals surface area contributed by atoms with Gasteiger partial charge in [-0.2, -0.15) is 0 Å². The van der Waals surface area contributed by atoms with Gasteiger partial charge in [0.1, 0.15) is 5.75 Å². The van der Waals surface area contributed by atoms with Crippen LogP contribution >= 0.6 is 0 Å². The highest BCUT2D eigenvalue weighted by Crippen LogP contribution is 2.23. The van der Waals surface area contributed by atoms with Crippen molar-refractivity contribution in [2.75, 3.05) is 26.8 Å². The van der Waals surface area contributed by atoms with Crippen LogP contribution in [-0.2, 0) is 11.3 Å². The zero-order chi connectivity index (χ0) is 21.2. The second kappa shape index (κ2) is 8.76. The molecule has 164 valence electrons. The summed E-state index contributed by atoms with van der Waals surface area (Å²) < 4.78 is 13.0. The molecule has 0 aliphatic carbocycles. The Balaban J connectivity index is 1.58. The molecule has 2 N–H and O–H groups in total. The van der Waals surface area contributed by atoms with Crippen molar-refractivity contribution in [2.45, 2.75) is 50.8 Å². The molecule has 2 fully saturated rings. The van der Waals surface area contributed by atoms with Gasteiger partial charge in [-0.1, -0.05) is 0 Å². The van der Waals surface area contributed by atoms with E-state index in [4.69, 9.17) is 9.47 Å². The molecular weight excluding hydrogens is 396 g/mol. The first-order valence-corrected chi connectivity index (χ1v) is 11.2. The number of piperidine rings is 1. The van der Waals surface area contributed by atoms with Gasteiger partial charge in [0.05, 0.1) is 43.9 Å². The number of hydrogen-bond donors (Lipinski definition) is 2. The quantitative estimate of drug-likeness (QED) is 0.608. The van der Waals surface area contributed by atoms with Crippen LogP contribution in [0.25, 0.3) is 10.9 Å². The molecule has 31 heavy (non-hydrogen) atoms. The number of nitrogens with zero attached hydrogens (tertiary/aromatic N) is 4. The molecule has 0 bridgehead atoms. The van der Waals surface area contributed by atoms with Crippen molar-refractivity contribution in [2.24, 2.45) is 0 Å². The monoisotopic (exact) mass is 425 g/mol. The van der Waals surface area contributed by atoms with Crippen LogP contribution in [0.2, 0.25) is 0 Å². The number of aromatic nitrogens is 5. The highest BCUT2D eigenvalue weighted by atomic mass is 16.5. The van der Waals surface area contributed by atoms with Gasteiger partial charge in [0.15, 0.2) is 6.04 Å². The minimum absolute atomic E-state index is 0.101. The number of nitrogens with one attached hydrogen (secondary N) is 2. The predicted molar refractivity (Wildman–Crippen MR) is 114 cm³/mol. The standard InChI is InChI=1S/C22H28N6O3/c1-30-16-8-7-15-12-18(22(29)23-19(15)13-16)20(27-9-3-2-4-10-27)21-24-25-26-28(21)14-17-6-5-11-31-17/h7-8,12-13,17,20H,2-6,9-11,14H2,1H3,(H,23,29)/p+1/t17-,20-/m0/s1. The smallest absolute Gasteiger partial charge is 0.258 e. The van der Waals surface area contributed by atoms with E-state index >= 15 is 0 Å². The number of H-pyrrole nitrogens is 1. The van der Waals surface area contributed by atoms with E-state index in [1.54, 1.807) is 7.11 Å². The number of pyridine rings is 1. The van der Waals surface area contributed by atoms with Gasteiger partial charge in [-0.25, -0.2) is 4.68 Å². The van der Waals surface area contributed by atoms with Crippen LogP contribution in [0.3, 0.4) is 0 Å². The van der Waals surface area contributed by atoms with E-state index in [2.05, 4.69) is 20.5 Å². The lowest BCUT2D eigenvalue weighted by atomic mass is 10.0. The largest absolute Gasteiger partial charge is 0.497 e. The molecular formula is C22H29N6O3+. The maximum Gasteiger partial charge on any atom is 0.258 e. The van der Waals surface area contributed by atoms with Gasteiger partial charge in [-0.3, -0.25) is 4.79 Å². The highest BCUT2D eigenvalue weighted by molar-refractivity contribution is 5.80. The molecule has 9 nitrogen and oxygen atoms in total. The normalized spacial score (nSPS) is 20.9. The molecule has 0 radical (unpaired) electrons. The first kappa shape index (κ1) is 20.1. The van der Waals surface area contributed by atoms with Crippen LogP contribution in [-0.4, -0.2) is 58.1 Å². The number of likely N-dealkylation sites (tertiary alicyclic amines) is 1. The Labute approximate surface area is 180 Å². The van der Waals surface area contributed by atoms with Gasteiger partial charge in [0, 0.05) is 12.7 Å². The van der Waals surface area contributed by atoms with Crippen LogP contribution in [0.15, 0.2) is 29.1 Å². The lowest BCUT2D eigenvalue weighted by molar-refractivity contribution is -0.931. The van der Waals surface area contributed by atoms with E-state index in [-0.39, 0.29) is 17.7 Å². The number of hydrogen-bond acceptors (Lipinski definition) is 6. The number of ether oxygens (including phenoxy) is 2. The first-order chi connectivity index (χ1) is 15.2. The third kappa shape index (κ3) is 4.07. The van der Waals surface area contributed by atoms with Crippen molar-refractivity contribution in [3.8, 4) is 5.75 Å². The average molecular weight is 426 g/mol. The molecule has 3 aromatic rings. The van der Waals surface area contributed by atoms with Gasteiger partial charge < -0.3 is 19.4 Å². The number of tetrazole rings is 1. The summed E-state index contributed by atoms with van der Waals surface area (Å²) >= 11 is 0. The minimum atomic E-state index is -0.216. The lowest BCUT2D eigenvalue weighted by Gasteiger charge is -2.30. The third-order valence-electron chi connectivity index (χ3n) is 6.52. The lowest BCUT2D eigenvalue weighted by Crippen LogP contribution is -3.13. The molecule has 1 aromatic carbocycles. The topological polar surface area (TPSA) is 99.4 Å². The maximum atomic E-state index is 13.3. The van der Waals surface area contributed by atoms with E-state index in [0.29, 0.717) is 12.1 Å². The fourth-order valence-corrected chi connectivity index (χ4v) is 4.90. The summed E-state index contributed by atoms with van der Waals surface area (Å²) in [6.07, 6.45) is 5.71. The predicted octanol–water partition coefficient (Wildman–Crippen LogP) is 0.860. The summed E-state index contributed by atoms with van der Waals surface area (Å²) in [4.78, 5) is 17.7. The van der Waals surface area contributed by atoms with Crippen molar-refractivity contribution in [1.82, 2.24) is 25.2 Å². The Kier molecular flexibility index (Phi) is 5.69. The number of fused-ring (bicyclic) bond motifs is 1. The Morgan fingerprint density at radius 2 is 2.13 bits per heavy atom. The number of quaternary nitrogens is 1. The van der Waals surface area contributed by atoms with Gasteiger partial charge >= 0.3 is 0 Å². The van der Waals surface area contributed by atoms with Crippen molar-refractivity contribution in [3.63, 3.8) is 0 Å². The summed E-state index contributed by atoms with van der Waals surface area (Å²) in [5.41, 5.74) is 1.37. The second-order valence-electron chi connectivity index (χ2n) is 8.51. The molecule has 2 saturated heterocycles. The SMILES string of the molecule is COc1ccc2cc([C@@H](c3nnnn3C[C@@H]3CCCO3)[NH+]3CCCCC3)c(=O)[nH]c2c1. The van der Waals surface area contributed by atoms with Gasteiger partial charge in [0.2, 0.25) is 5.82 Å². The molecule has 2 aliphatic heterocycles. The van der Waals surface area contributed by atoms with E-state index in [1.165, 1.54) is 11.3 Å². The Hall–Kier alpha value is -2.78. The molecule has 0 saturated carbocycles. The summed E-state index contributed by atoms with van der Waals surface area (Å²) in [6.45, 7) is 3.40. The van der Waals surface area contributed by atoms with Crippen molar-refractivity contribution in [1.29, 1.82) is 0 Å². The fourth-order valence-electron chi connectivity index (χ4n) is 4.90. The Morgan fingerprint density at radius 1 is 1.26 bits per heavy atom. The molecule has 0 unspecified atom stereocenters. The van der Waals surface area contributed by atoms with Crippen molar-refractivity contribution < 1.29 is 14.4 Å². The van der Waals surface area contributed by atoms with Crippen molar-refractivity contribution in [3.05, 3.63) is 46.0 Å². The van der Waals surface area contributed by atoms with Crippen LogP contribution in [0.4, 0.5) is 0 Å². The molecule has 5 rings (SSSR count). The zero-order valence-corrected chi connectivity index (χ0v) is 17.8. The van der Waals surface area contributed by atoms with Crippen LogP contribution < -0.4 is 15.2 Å². The van der Waals surface area contributed by atoms with Crippen LogP contribution in [0, 0.1) is 0 Å². The van der Waals surface area contributed by atoms with E-state index in [1.807, 2.05) is 28.9 Å². The number of methoxy groups -OCH3 is 1. The molecule has 2 aromatic heterocycles. The number of aromatic amines is 1. The summed E-state index contributed by atoms with van der Waals surface area (Å²) in [5.74, 6) is 1.46. The second-order valence-corrected chi connectivity index (χ2v) is 8.51. The molecule has 2 aliphatic rings. The van der Waals surface area contributed by atoms with Gasteiger partial charge in [-0.05, 0) is 66.1 Å². The highest BCUT2D eigenvalue weighted by Gasteiger charge is 2.35. The maximum absolute atomic E-state index is 13.3. The summed E-state index contributed by atoms with van der Waals surface area (Å²) in [6, 6.07) is 7.52. The van der Waals surface area contributed by atoms with Crippen LogP contribution in [0.5, 0.6) is 5.75 Å². The molecule has 0 amide bonds. The van der Waals surface area contributed by atoms with E-state index < -0.39 is 0 Å². The van der Waals surface area contributed by atoms with Gasteiger partial charge in [0.25, 0.3) is 5.56 Å². The first-order valence-electron chi connectivity index (χ1n) is 11.2. The van der Waals surface area contributed by atoms with Crippen molar-refractivity contribution >= 4 is 10.9 Å². The van der Waals surface area contributed by atoms with Crippen LogP contribution in [0.1, 0.15) is 49.5 Å². The minimum Gasteiger partial charge on any atom is -0.497 e. The number of benzene rings is 1. The Bertz CT molecular complexity index is 1100. The summed E-state index contributed by atoms with van der Waals surface area (Å²) in [7, 11) is 1.62. The molecule has 0 spiro atoms. The fraction of sp³-hybridized carbons (Fsp3) is 0.545. The molecule has 2 atom stereocenters. The third-order valence-corrected chi connectivity index (χ3v) is 6.52. The number of rotatable bonds is 6. The van der Waals surface area contributed by atoms with Gasteiger partial charge in [-0.15, -0.1) is 5.10 Å². The Morgan fingerprint density at radius 3 is 2.90 bits per heavy atom. The summed E-state index contributed by atoms with van der Waals surface area (Å²) in [5, 5.41) is 13.6. The zero-order valence-electron chi connectivity index (χ0n) is 17.8. The molecule has 9 heteroatoms. The van der Waals surface area contributed by atoms with E-state index in [9.17, 15) is 4.79 Å². The molecule has 4 heterocycles. The average Bonchev–Trinajstić information content (AvgIpc) is 3.48. The van der Waals surface area contributed by atoms with E-state index in [0.717, 1.165) is 67.9 Å².